The summed E-state index contributed by atoms with van der Waals surface area (Å²) in [6.07, 6.45) is 3.72. The minimum atomic E-state index is -0.434. The molecule has 1 saturated heterocycles. The quantitative estimate of drug-likeness (QED) is 0.811. The van der Waals surface area contributed by atoms with Crippen molar-refractivity contribution in [3.05, 3.63) is 18.0 Å². The summed E-state index contributed by atoms with van der Waals surface area (Å²) in [5.74, 6) is 1.15. The second-order valence-corrected chi connectivity index (χ2v) is 5.71. The van der Waals surface area contributed by atoms with Gasteiger partial charge >= 0.3 is 0 Å². The predicted octanol–water partition coefficient (Wildman–Crippen LogP) is 1.74. The van der Waals surface area contributed by atoms with Crippen LogP contribution in [-0.2, 0) is 7.05 Å². The summed E-state index contributed by atoms with van der Waals surface area (Å²) in [7, 11) is 1.88. The molecule has 2 heterocycles. The molecule has 4 heteroatoms. The van der Waals surface area contributed by atoms with Gasteiger partial charge in [0.05, 0.1) is 5.69 Å². The maximum Gasteiger partial charge on any atom is 0.112 e. The van der Waals surface area contributed by atoms with Gasteiger partial charge in [-0.05, 0) is 31.6 Å². The first-order valence-corrected chi connectivity index (χ1v) is 5.92. The predicted molar refractivity (Wildman–Crippen MR) is 58.3 cm³/mol. The molecule has 2 rings (SSSR count). The topological polar surface area (TPSA) is 38.0 Å². The molecule has 0 bridgehead atoms. The summed E-state index contributed by atoms with van der Waals surface area (Å²) >= 11 is 1.86. The molecule has 1 aromatic heterocycles. The highest BCUT2D eigenvalue weighted by atomic mass is 32.2. The van der Waals surface area contributed by atoms with Crippen molar-refractivity contribution in [2.75, 3.05) is 5.75 Å². The van der Waals surface area contributed by atoms with Gasteiger partial charge in [0.1, 0.15) is 6.10 Å². The van der Waals surface area contributed by atoms with Crippen LogP contribution in [0.2, 0.25) is 0 Å². The van der Waals surface area contributed by atoms with Gasteiger partial charge in [-0.1, -0.05) is 0 Å². The van der Waals surface area contributed by atoms with Gasteiger partial charge in [0.2, 0.25) is 0 Å². The molecule has 14 heavy (non-hydrogen) atoms. The molecule has 2 atom stereocenters. The average molecular weight is 212 g/mol. The summed E-state index contributed by atoms with van der Waals surface area (Å²) in [6, 6.07) is 1.90. The van der Waals surface area contributed by atoms with E-state index in [1.54, 1.807) is 4.68 Å². The maximum atomic E-state index is 10.2. The van der Waals surface area contributed by atoms with E-state index in [4.69, 9.17) is 0 Å². The minimum Gasteiger partial charge on any atom is -0.385 e. The Hall–Kier alpha value is -0.480. The number of aromatic nitrogens is 2. The lowest BCUT2D eigenvalue weighted by atomic mass is 9.96. The van der Waals surface area contributed by atoms with E-state index in [9.17, 15) is 5.11 Å². The van der Waals surface area contributed by atoms with Crippen molar-refractivity contribution >= 4 is 11.8 Å². The Labute approximate surface area is 88.5 Å². The van der Waals surface area contributed by atoms with Gasteiger partial charge in [0.25, 0.3) is 0 Å². The fourth-order valence-electron chi connectivity index (χ4n) is 1.91. The smallest absolute Gasteiger partial charge is 0.112 e. The molecule has 0 aromatic carbocycles. The van der Waals surface area contributed by atoms with Crippen molar-refractivity contribution in [2.24, 2.45) is 7.05 Å². The van der Waals surface area contributed by atoms with E-state index in [1.165, 1.54) is 6.42 Å². The molecule has 0 spiro atoms. The summed E-state index contributed by atoms with van der Waals surface area (Å²) < 4.78 is 1.70. The number of thioether (sulfide) groups is 1. The number of rotatable bonds is 2. The van der Waals surface area contributed by atoms with E-state index in [2.05, 4.69) is 12.0 Å². The first-order valence-electron chi connectivity index (χ1n) is 4.93. The highest BCUT2D eigenvalue weighted by Gasteiger charge is 2.38. The molecule has 78 valence electrons. The average Bonchev–Trinajstić information content (AvgIpc) is 2.74. The summed E-state index contributed by atoms with van der Waals surface area (Å²) in [4.78, 5) is 0. The zero-order chi connectivity index (χ0) is 10.2. The largest absolute Gasteiger partial charge is 0.385 e. The number of aliphatic hydroxyl groups excluding tert-OH is 1. The van der Waals surface area contributed by atoms with Crippen LogP contribution in [0.5, 0.6) is 0 Å². The molecule has 1 aliphatic heterocycles. The summed E-state index contributed by atoms with van der Waals surface area (Å²) in [5, 5.41) is 14.4. The molecule has 0 aliphatic carbocycles. The lowest BCUT2D eigenvalue weighted by Gasteiger charge is -2.27. The van der Waals surface area contributed by atoms with Crippen molar-refractivity contribution in [1.29, 1.82) is 0 Å². The lowest BCUT2D eigenvalue weighted by Crippen LogP contribution is -2.26. The Kier molecular flexibility index (Phi) is 2.58. The summed E-state index contributed by atoms with van der Waals surface area (Å²) in [6.45, 7) is 2.13. The van der Waals surface area contributed by atoms with Crippen LogP contribution in [0.25, 0.3) is 0 Å². The van der Waals surface area contributed by atoms with Crippen molar-refractivity contribution in [3.8, 4) is 0 Å². The normalized spacial score (nSPS) is 29.4. The third kappa shape index (κ3) is 1.68. The Morgan fingerprint density at radius 2 is 2.50 bits per heavy atom. The van der Waals surface area contributed by atoms with Crippen LogP contribution in [0.1, 0.15) is 31.6 Å². The van der Waals surface area contributed by atoms with E-state index in [-0.39, 0.29) is 4.75 Å². The highest BCUT2D eigenvalue weighted by molar-refractivity contribution is 8.00. The number of nitrogens with zero attached hydrogens (tertiary/aromatic N) is 2. The first-order chi connectivity index (χ1) is 6.62. The zero-order valence-corrected chi connectivity index (χ0v) is 9.42. The molecule has 3 nitrogen and oxygen atoms in total. The Morgan fingerprint density at radius 1 is 1.71 bits per heavy atom. The van der Waals surface area contributed by atoms with Crippen molar-refractivity contribution in [2.45, 2.75) is 30.6 Å². The molecular weight excluding hydrogens is 196 g/mol. The minimum absolute atomic E-state index is 0.0334. The molecule has 1 aromatic rings. The number of aryl methyl sites for hydroxylation is 1. The third-order valence-electron chi connectivity index (χ3n) is 2.84. The van der Waals surface area contributed by atoms with Crippen LogP contribution in [0.3, 0.4) is 0 Å². The van der Waals surface area contributed by atoms with Gasteiger partial charge in [0, 0.05) is 18.0 Å². The van der Waals surface area contributed by atoms with E-state index < -0.39 is 6.10 Å². The lowest BCUT2D eigenvalue weighted by molar-refractivity contribution is 0.130. The zero-order valence-electron chi connectivity index (χ0n) is 8.60. The molecule has 1 aliphatic rings. The number of hydrogen-bond donors (Lipinski definition) is 1. The second-order valence-electron chi connectivity index (χ2n) is 4.08. The fraction of sp³-hybridized carbons (Fsp3) is 0.700. The van der Waals surface area contributed by atoms with Gasteiger partial charge in [0.15, 0.2) is 0 Å². The maximum absolute atomic E-state index is 10.2. The third-order valence-corrected chi connectivity index (χ3v) is 4.42. The van der Waals surface area contributed by atoms with Gasteiger partial charge in [-0.15, -0.1) is 0 Å². The monoisotopic (exact) mass is 212 g/mol. The van der Waals surface area contributed by atoms with Crippen LogP contribution in [0, 0.1) is 0 Å². The van der Waals surface area contributed by atoms with Crippen LogP contribution >= 0.6 is 11.8 Å². The van der Waals surface area contributed by atoms with Gasteiger partial charge < -0.3 is 5.11 Å². The molecule has 2 unspecified atom stereocenters. The molecular formula is C10H16N2OS. The van der Waals surface area contributed by atoms with Crippen molar-refractivity contribution < 1.29 is 5.11 Å². The van der Waals surface area contributed by atoms with Gasteiger partial charge in [-0.2, -0.15) is 16.9 Å². The number of hydrogen-bond acceptors (Lipinski definition) is 3. The van der Waals surface area contributed by atoms with Gasteiger partial charge in [-0.3, -0.25) is 4.68 Å². The van der Waals surface area contributed by atoms with Crippen molar-refractivity contribution in [1.82, 2.24) is 9.78 Å². The molecule has 0 radical (unpaired) electrons. The second kappa shape index (κ2) is 3.59. The molecule has 1 N–H and O–H groups in total. The Bertz CT molecular complexity index is 318. The Balaban J connectivity index is 2.18. The SMILES string of the molecule is Cn1ccc(C(O)C2(C)CCCS2)n1. The van der Waals surface area contributed by atoms with Crippen LogP contribution < -0.4 is 0 Å². The van der Waals surface area contributed by atoms with Crippen LogP contribution in [-0.4, -0.2) is 25.4 Å². The van der Waals surface area contributed by atoms with Crippen LogP contribution in [0.4, 0.5) is 0 Å². The van der Waals surface area contributed by atoms with Crippen LogP contribution in [0.15, 0.2) is 12.3 Å². The van der Waals surface area contributed by atoms with Gasteiger partial charge in [-0.25, -0.2) is 0 Å². The first kappa shape index (κ1) is 10.1. The Morgan fingerprint density at radius 3 is 3.00 bits per heavy atom. The highest BCUT2D eigenvalue weighted by Crippen LogP contribution is 2.45. The van der Waals surface area contributed by atoms with Crippen molar-refractivity contribution in [3.63, 3.8) is 0 Å². The number of aliphatic hydroxyl groups is 1. The molecule has 0 saturated carbocycles. The van der Waals surface area contributed by atoms with E-state index in [0.29, 0.717) is 0 Å². The van der Waals surface area contributed by atoms with E-state index in [0.717, 1.165) is 17.9 Å². The van der Waals surface area contributed by atoms with E-state index in [1.807, 2.05) is 31.1 Å². The van der Waals surface area contributed by atoms with E-state index >= 15 is 0 Å². The fourth-order valence-corrected chi connectivity index (χ4v) is 3.23. The molecule has 0 amide bonds. The molecule has 1 fully saturated rings. The summed E-state index contributed by atoms with van der Waals surface area (Å²) in [5.41, 5.74) is 0.796. The standard InChI is InChI=1S/C10H16N2OS/c1-10(5-3-7-14-10)9(13)8-4-6-12(2)11-8/h4,6,9,13H,3,5,7H2,1-2H3.